The third-order valence-electron chi connectivity index (χ3n) is 4.45. The number of nitrogens with zero attached hydrogens (tertiary/aromatic N) is 2. The van der Waals surface area contributed by atoms with Crippen LogP contribution >= 0.6 is 0 Å². The van der Waals surface area contributed by atoms with Gasteiger partial charge >= 0.3 is 0 Å². The highest BCUT2D eigenvalue weighted by atomic mass is 16.1. The summed E-state index contributed by atoms with van der Waals surface area (Å²) in [7, 11) is 0. The monoisotopic (exact) mass is 260 g/mol. The number of aromatic nitrogens is 1. The van der Waals surface area contributed by atoms with Gasteiger partial charge in [-0.05, 0) is 43.2 Å². The second-order valence-electron chi connectivity index (χ2n) is 5.76. The number of primary amides is 1. The third-order valence-corrected chi connectivity index (χ3v) is 4.45. The number of fused-ring (bicyclic) bond motifs is 1. The van der Waals surface area contributed by atoms with E-state index in [1.807, 2.05) is 6.07 Å². The molecule has 2 aliphatic rings. The molecule has 5 nitrogen and oxygen atoms in total. The average molecular weight is 260 g/mol. The first-order valence-corrected chi connectivity index (χ1v) is 6.90. The molecule has 3 atom stereocenters. The standard InChI is InChI=1S/C14H20N4O/c15-11-2-1-9-7-18(8-10(9)5-11)12-3-4-17-13(6-12)14(16)19/h3-4,6,9-11H,1-2,5,7-8,15H2,(H2,16,19)/t9-,10+,11?/m1/s1. The summed E-state index contributed by atoms with van der Waals surface area (Å²) in [4.78, 5) is 17.5. The topological polar surface area (TPSA) is 85.2 Å². The Kier molecular flexibility index (Phi) is 3.14. The van der Waals surface area contributed by atoms with E-state index in [9.17, 15) is 4.79 Å². The van der Waals surface area contributed by atoms with Crippen LogP contribution in [0.15, 0.2) is 18.3 Å². The second kappa shape index (κ2) is 4.81. The molecule has 19 heavy (non-hydrogen) atoms. The van der Waals surface area contributed by atoms with Crippen LogP contribution in [-0.4, -0.2) is 30.0 Å². The Morgan fingerprint density at radius 3 is 2.89 bits per heavy atom. The lowest BCUT2D eigenvalue weighted by atomic mass is 9.79. The summed E-state index contributed by atoms with van der Waals surface area (Å²) in [6, 6.07) is 4.10. The predicted molar refractivity (Wildman–Crippen MR) is 73.8 cm³/mol. The van der Waals surface area contributed by atoms with E-state index >= 15 is 0 Å². The number of anilines is 1. The van der Waals surface area contributed by atoms with Gasteiger partial charge in [0, 0.05) is 31.0 Å². The molecule has 0 aromatic carbocycles. The molecule has 0 radical (unpaired) electrons. The van der Waals surface area contributed by atoms with Gasteiger partial charge in [0.2, 0.25) is 0 Å². The van der Waals surface area contributed by atoms with Crippen molar-refractivity contribution >= 4 is 11.6 Å². The van der Waals surface area contributed by atoms with Crippen LogP contribution in [0.5, 0.6) is 0 Å². The van der Waals surface area contributed by atoms with Gasteiger partial charge in [-0.15, -0.1) is 0 Å². The minimum atomic E-state index is -0.472. The molecule has 0 spiro atoms. The number of carbonyl (C=O) groups excluding carboxylic acids is 1. The molecule has 1 saturated heterocycles. The molecule has 5 heteroatoms. The fourth-order valence-electron chi connectivity index (χ4n) is 3.43. The van der Waals surface area contributed by atoms with Crippen molar-refractivity contribution in [1.29, 1.82) is 0 Å². The predicted octanol–water partition coefficient (Wildman–Crippen LogP) is 0.744. The van der Waals surface area contributed by atoms with E-state index in [0.717, 1.165) is 37.5 Å². The SMILES string of the molecule is NC(=O)c1cc(N2C[C@H]3CCC(N)C[C@H]3C2)ccn1. The van der Waals surface area contributed by atoms with Gasteiger partial charge in [-0.25, -0.2) is 0 Å². The fourth-order valence-corrected chi connectivity index (χ4v) is 3.43. The summed E-state index contributed by atoms with van der Waals surface area (Å²) in [5, 5.41) is 0. The van der Waals surface area contributed by atoms with Crippen LogP contribution in [0.4, 0.5) is 5.69 Å². The molecule has 3 rings (SSSR count). The van der Waals surface area contributed by atoms with Crippen LogP contribution in [0.2, 0.25) is 0 Å². The van der Waals surface area contributed by atoms with Crippen LogP contribution in [0, 0.1) is 11.8 Å². The maximum absolute atomic E-state index is 11.2. The molecular weight excluding hydrogens is 240 g/mol. The van der Waals surface area contributed by atoms with E-state index in [4.69, 9.17) is 11.5 Å². The van der Waals surface area contributed by atoms with E-state index in [1.165, 1.54) is 6.42 Å². The Morgan fingerprint density at radius 1 is 1.32 bits per heavy atom. The van der Waals surface area contributed by atoms with Gasteiger partial charge in [0.15, 0.2) is 0 Å². The summed E-state index contributed by atoms with van der Waals surface area (Å²) in [6.07, 6.45) is 5.13. The first-order chi connectivity index (χ1) is 9.13. The van der Waals surface area contributed by atoms with Crippen molar-refractivity contribution in [2.24, 2.45) is 23.3 Å². The smallest absolute Gasteiger partial charge is 0.267 e. The Hall–Kier alpha value is -1.62. The van der Waals surface area contributed by atoms with E-state index in [-0.39, 0.29) is 0 Å². The Bertz CT molecular complexity index is 490. The van der Waals surface area contributed by atoms with Crippen molar-refractivity contribution in [3.63, 3.8) is 0 Å². The van der Waals surface area contributed by atoms with Gasteiger partial charge in [0.05, 0.1) is 0 Å². The lowest BCUT2D eigenvalue weighted by Gasteiger charge is -2.27. The molecule has 102 valence electrons. The highest BCUT2D eigenvalue weighted by Crippen LogP contribution is 2.37. The van der Waals surface area contributed by atoms with Crippen molar-refractivity contribution in [3.8, 4) is 0 Å². The molecule has 2 heterocycles. The minimum Gasteiger partial charge on any atom is -0.371 e. The number of nitrogens with two attached hydrogens (primary N) is 2. The van der Waals surface area contributed by atoms with E-state index in [0.29, 0.717) is 17.7 Å². The average Bonchev–Trinajstić information content (AvgIpc) is 2.81. The van der Waals surface area contributed by atoms with E-state index in [2.05, 4.69) is 9.88 Å². The summed E-state index contributed by atoms with van der Waals surface area (Å²) in [5.74, 6) is 0.958. The molecule has 1 aromatic rings. The number of hydrogen-bond acceptors (Lipinski definition) is 4. The van der Waals surface area contributed by atoms with Gasteiger partial charge in [0.25, 0.3) is 5.91 Å². The van der Waals surface area contributed by atoms with Crippen molar-refractivity contribution in [2.45, 2.75) is 25.3 Å². The summed E-state index contributed by atoms with van der Waals surface area (Å²) in [6.45, 7) is 2.08. The zero-order chi connectivity index (χ0) is 13.4. The van der Waals surface area contributed by atoms with Crippen molar-refractivity contribution in [1.82, 2.24) is 4.98 Å². The molecular formula is C14H20N4O. The summed E-state index contributed by atoms with van der Waals surface area (Å²) < 4.78 is 0. The highest BCUT2D eigenvalue weighted by molar-refractivity contribution is 5.91. The summed E-state index contributed by atoms with van der Waals surface area (Å²) >= 11 is 0. The number of amides is 1. The highest BCUT2D eigenvalue weighted by Gasteiger charge is 2.36. The molecule has 1 aromatic heterocycles. The first-order valence-electron chi connectivity index (χ1n) is 6.90. The number of carbonyl (C=O) groups is 1. The Morgan fingerprint density at radius 2 is 2.11 bits per heavy atom. The molecule has 2 fully saturated rings. The van der Waals surface area contributed by atoms with Gasteiger partial charge in [-0.3, -0.25) is 9.78 Å². The van der Waals surface area contributed by atoms with Crippen molar-refractivity contribution in [2.75, 3.05) is 18.0 Å². The lowest BCUT2D eigenvalue weighted by Crippen LogP contribution is -2.32. The molecule has 1 amide bonds. The maximum atomic E-state index is 11.2. The van der Waals surface area contributed by atoms with Crippen LogP contribution < -0.4 is 16.4 Å². The van der Waals surface area contributed by atoms with E-state index in [1.54, 1.807) is 12.3 Å². The molecule has 1 aliphatic carbocycles. The Labute approximate surface area is 113 Å². The maximum Gasteiger partial charge on any atom is 0.267 e. The third kappa shape index (κ3) is 2.42. The Balaban J connectivity index is 1.77. The van der Waals surface area contributed by atoms with E-state index < -0.39 is 5.91 Å². The van der Waals surface area contributed by atoms with Crippen LogP contribution in [0.1, 0.15) is 29.8 Å². The molecule has 4 N–H and O–H groups in total. The number of hydrogen-bond donors (Lipinski definition) is 2. The lowest BCUT2D eigenvalue weighted by molar-refractivity contribution is 0.0995. The van der Waals surface area contributed by atoms with Crippen LogP contribution in [-0.2, 0) is 0 Å². The molecule has 1 saturated carbocycles. The molecule has 1 aliphatic heterocycles. The normalized spacial score (nSPS) is 30.2. The van der Waals surface area contributed by atoms with Crippen LogP contribution in [0.3, 0.4) is 0 Å². The number of rotatable bonds is 2. The summed E-state index contributed by atoms with van der Waals surface area (Å²) in [5.41, 5.74) is 12.7. The quantitative estimate of drug-likeness (QED) is 0.821. The van der Waals surface area contributed by atoms with Gasteiger partial charge < -0.3 is 16.4 Å². The second-order valence-corrected chi connectivity index (χ2v) is 5.76. The van der Waals surface area contributed by atoms with Crippen molar-refractivity contribution < 1.29 is 4.79 Å². The van der Waals surface area contributed by atoms with Crippen LogP contribution in [0.25, 0.3) is 0 Å². The largest absolute Gasteiger partial charge is 0.371 e. The van der Waals surface area contributed by atoms with Gasteiger partial charge in [0.1, 0.15) is 5.69 Å². The number of pyridine rings is 1. The minimum absolute atomic E-state index is 0.337. The fraction of sp³-hybridized carbons (Fsp3) is 0.571. The molecule has 1 unspecified atom stereocenters. The zero-order valence-electron chi connectivity index (χ0n) is 11.0. The zero-order valence-corrected chi connectivity index (χ0v) is 11.0. The van der Waals surface area contributed by atoms with Gasteiger partial charge in [-0.2, -0.15) is 0 Å². The van der Waals surface area contributed by atoms with Crippen molar-refractivity contribution in [3.05, 3.63) is 24.0 Å². The first kappa shape index (κ1) is 12.4. The van der Waals surface area contributed by atoms with Gasteiger partial charge in [-0.1, -0.05) is 0 Å². The molecule has 0 bridgehead atoms.